The van der Waals surface area contributed by atoms with E-state index in [0.717, 1.165) is 10.2 Å². The Balaban J connectivity index is 2.17. The summed E-state index contributed by atoms with van der Waals surface area (Å²) in [7, 11) is 1.33. The quantitative estimate of drug-likeness (QED) is 0.673. The number of pyridine rings is 1. The van der Waals surface area contributed by atoms with Crippen LogP contribution >= 0.6 is 15.9 Å². The van der Waals surface area contributed by atoms with Crippen molar-refractivity contribution in [1.29, 1.82) is 0 Å². The number of hydrogen-bond acceptors (Lipinski definition) is 4. The van der Waals surface area contributed by atoms with Gasteiger partial charge in [0.05, 0.1) is 7.11 Å². The highest BCUT2D eigenvalue weighted by Crippen LogP contribution is 2.23. The van der Waals surface area contributed by atoms with E-state index in [-0.39, 0.29) is 5.69 Å². The highest BCUT2D eigenvalue weighted by atomic mass is 79.9. The van der Waals surface area contributed by atoms with Gasteiger partial charge >= 0.3 is 5.97 Å². The van der Waals surface area contributed by atoms with Crippen molar-refractivity contribution < 1.29 is 9.53 Å². The lowest BCUT2D eigenvalue weighted by Gasteiger charge is -2.07. The van der Waals surface area contributed by atoms with Gasteiger partial charge in [-0.3, -0.25) is 9.55 Å². The van der Waals surface area contributed by atoms with Gasteiger partial charge in [-0.05, 0) is 36.4 Å². The van der Waals surface area contributed by atoms with Crippen LogP contribution in [0.4, 0.5) is 0 Å². The van der Waals surface area contributed by atoms with Crippen molar-refractivity contribution in [1.82, 2.24) is 14.5 Å². The summed E-state index contributed by atoms with van der Waals surface area (Å²) in [4.78, 5) is 20.4. The maximum absolute atomic E-state index is 11.8. The van der Waals surface area contributed by atoms with Gasteiger partial charge in [-0.15, -0.1) is 0 Å². The molecule has 0 saturated carbocycles. The second kappa shape index (κ2) is 6.11. The predicted molar refractivity (Wildman–Crippen MR) is 85.8 cm³/mol. The summed E-state index contributed by atoms with van der Waals surface area (Å²) in [5, 5.41) is 0. The molecule has 110 valence electrons. The van der Waals surface area contributed by atoms with Crippen molar-refractivity contribution in [2.75, 3.05) is 7.11 Å². The lowest BCUT2D eigenvalue weighted by molar-refractivity contribution is 0.0594. The Labute approximate surface area is 135 Å². The fourth-order valence-corrected chi connectivity index (χ4v) is 2.32. The lowest BCUT2D eigenvalue weighted by Crippen LogP contribution is -2.01. The highest BCUT2D eigenvalue weighted by Gasteiger charge is 2.17. The molecule has 6 heteroatoms. The van der Waals surface area contributed by atoms with Crippen LogP contribution in [0.3, 0.4) is 0 Å². The Morgan fingerprint density at radius 1 is 1.18 bits per heavy atom. The molecule has 0 aliphatic carbocycles. The topological polar surface area (TPSA) is 57.0 Å². The Morgan fingerprint density at radius 3 is 2.59 bits per heavy atom. The molecule has 0 unspecified atom stereocenters. The van der Waals surface area contributed by atoms with Crippen LogP contribution < -0.4 is 0 Å². The van der Waals surface area contributed by atoms with E-state index in [1.807, 2.05) is 47.0 Å². The van der Waals surface area contributed by atoms with Crippen LogP contribution in [0.2, 0.25) is 0 Å². The van der Waals surface area contributed by atoms with E-state index in [4.69, 9.17) is 4.74 Å². The van der Waals surface area contributed by atoms with Crippen molar-refractivity contribution in [2.24, 2.45) is 0 Å². The number of ether oxygens (including phenoxy) is 1. The fraction of sp³-hybridized carbons (Fsp3) is 0.0625. The number of methoxy groups -OCH3 is 1. The molecule has 0 atom stereocenters. The summed E-state index contributed by atoms with van der Waals surface area (Å²) in [6.45, 7) is 0. The standard InChI is InChI=1S/C16H12BrN3O2/c1-22-16(21)14-10-20(12-7-5-11(17)6-8-12)15(19-14)13-4-2-3-9-18-13/h2-10H,1H3. The second-order valence-corrected chi connectivity index (χ2v) is 5.42. The molecule has 0 aliphatic heterocycles. The number of aromatic nitrogens is 3. The van der Waals surface area contributed by atoms with Crippen LogP contribution in [-0.2, 0) is 4.74 Å². The SMILES string of the molecule is COC(=O)c1cn(-c2ccc(Br)cc2)c(-c2ccccn2)n1. The molecule has 22 heavy (non-hydrogen) atoms. The van der Waals surface area contributed by atoms with Crippen LogP contribution in [0.25, 0.3) is 17.2 Å². The van der Waals surface area contributed by atoms with Gasteiger partial charge in [0.25, 0.3) is 0 Å². The number of rotatable bonds is 3. The Hall–Kier alpha value is -2.47. The van der Waals surface area contributed by atoms with Crippen LogP contribution in [0, 0.1) is 0 Å². The molecule has 0 spiro atoms. The van der Waals surface area contributed by atoms with Gasteiger partial charge in [0.2, 0.25) is 0 Å². The van der Waals surface area contributed by atoms with Gasteiger partial charge in [-0.25, -0.2) is 9.78 Å². The zero-order chi connectivity index (χ0) is 15.5. The van der Waals surface area contributed by atoms with Gasteiger partial charge in [0.1, 0.15) is 5.69 Å². The van der Waals surface area contributed by atoms with Crippen molar-refractivity contribution in [3.8, 4) is 17.2 Å². The van der Waals surface area contributed by atoms with Gasteiger partial charge < -0.3 is 4.74 Å². The number of carbonyl (C=O) groups is 1. The maximum atomic E-state index is 11.8. The predicted octanol–water partition coefficient (Wildman–Crippen LogP) is 3.48. The van der Waals surface area contributed by atoms with Gasteiger partial charge in [-0.2, -0.15) is 0 Å². The normalized spacial score (nSPS) is 10.5. The van der Waals surface area contributed by atoms with Crippen LogP contribution in [0.15, 0.2) is 59.3 Å². The van der Waals surface area contributed by atoms with Gasteiger partial charge in [0.15, 0.2) is 11.5 Å². The zero-order valence-electron chi connectivity index (χ0n) is 11.7. The van der Waals surface area contributed by atoms with Crippen molar-refractivity contribution >= 4 is 21.9 Å². The molecule has 5 nitrogen and oxygen atoms in total. The molecule has 2 aromatic heterocycles. The van der Waals surface area contributed by atoms with Crippen molar-refractivity contribution in [2.45, 2.75) is 0 Å². The largest absolute Gasteiger partial charge is 0.464 e. The monoisotopic (exact) mass is 357 g/mol. The minimum Gasteiger partial charge on any atom is -0.464 e. The van der Waals surface area contributed by atoms with E-state index in [0.29, 0.717) is 11.5 Å². The molecule has 0 bridgehead atoms. The average molecular weight is 358 g/mol. The molecule has 0 aliphatic rings. The summed E-state index contributed by atoms with van der Waals surface area (Å²) in [6, 6.07) is 13.3. The highest BCUT2D eigenvalue weighted by molar-refractivity contribution is 9.10. The number of hydrogen-bond donors (Lipinski definition) is 0. The first-order valence-corrected chi connectivity index (χ1v) is 7.33. The molecule has 0 saturated heterocycles. The fourth-order valence-electron chi connectivity index (χ4n) is 2.06. The summed E-state index contributed by atoms with van der Waals surface area (Å²) < 4.78 is 7.55. The number of carbonyl (C=O) groups excluding carboxylic acids is 1. The molecule has 0 amide bonds. The van der Waals surface area contributed by atoms with E-state index < -0.39 is 5.97 Å². The van der Waals surface area contributed by atoms with E-state index in [2.05, 4.69) is 25.9 Å². The van der Waals surface area contributed by atoms with E-state index >= 15 is 0 Å². The Morgan fingerprint density at radius 2 is 1.95 bits per heavy atom. The first kappa shape index (κ1) is 14.5. The van der Waals surface area contributed by atoms with Crippen LogP contribution in [0.1, 0.15) is 10.5 Å². The Kier molecular flexibility index (Phi) is 4.02. The lowest BCUT2D eigenvalue weighted by atomic mass is 10.3. The molecular formula is C16H12BrN3O2. The third-order valence-corrected chi connectivity index (χ3v) is 3.63. The molecule has 1 aromatic carbocycles. The number of benzene rings is 1. The first-order valence-electron chi connectivity index (χ1n) is 6.54. The third-order valence-electron chi connectivity index (χ3n) is 3.10. The zero-order valence-corrected chi connectivity index (χ0v) is 13.3. The summed E-state index contributed by atoms with van der Waals surface area (Å²) in [6.07, 6.45) is 3.34. The summed E-state index contributed by atoms with van der Waals surface area (Å²) in [5.74, 6) is 0.108. The average Bonchev–Trinajstić information content (AvgIpc) is 3.01. The van der Waals surface area contributed by atoms with E-state index in [9.17, 15) is 4.79 Å². The minimum atomic E-state index is -0.479. The molecule has 0 N–H and O–H groups in total. The number of esters is 1. The van der Waals surface area contributed by atoms with Crippen molar-refractivity contribution in [3.05, 3.63) is 65.0 Å². The third kappa shape index (κ3) is 2.78. The molecular weight excluding hydrogens is 346 g/mol. The molecule has 0 radical (unpaired) electrons. The maximum Gasteiger partial charge on any atom is 0.358 e. The van der Waals surface area contributed by atoms with Crippen LogP contribution in [0.5, 0.6) is 0 Å². The van der Waals surface area contributed by atoms with Crippen LogP contribution in [-0.4, -0.2) is 27.6 Å². The Bertz CT molecular complexity index is 798. The van der Waals surface area contributed by atoms with E-state index in [1.165, 1.54) is 7.11 Å². The van der Waals surface area contributed by atoms with Crippen molar-refractivity contribution in [3.63, 3.8) is 0 Å². The number of nitrogens with zero attached hydrogens (tertiary/aromatic N) is 3. The smallest absolute Gasteiger partial charge is 0.358 e. The molecule has 3 rings (SSSR count). The second-order valence-electron chi connectivity index (χ2n) is 4.50. The summed E-state index contributed by atoms with van der Waals surface area (Å²) >= 11 is 3.41. The molecule has 2 heterocycles. The van der Waals surface area contributed by atoms with Gasteiger partial charge in [0, 0.05) is 22.6 Å². The molecule has 0 fully saturated rings. The summed E-state index contributed by atoms with van der Waals surface area (Å²) in [5.41, 5.74) is 1.80. The first-order chi connectivity index (χ1) is 10.7. The van der Waals surface area contributed by atoms with E-state index in [1.54, 1.807) is 12.4 Å². The minimum absolute atomic E-state index is 0.242. The number of halogens is 1. The number of imidazole rings is 1. The van der Waals surface area contributed by atoms with Gasteiger partial charge in [-0.1, -0.05) is 22.0 Å². The molecule has 3 aromatic rings.